The van der Waals surface area contributed by atoms with Crippen LogP contribution in [0.3, 0.4) is 0 Å². The van der Waals surface area contributed by atoms with E-state index >= 15 is 0 Å². The fourth-order valence-electron chi connectivity index (χ4n) is 4.36. The molecule has 1 fully saturated rings. The zero-order valence-electron chi connectivity index (χ0n) is 22.2. The molecule has 12 heteroatoms. The van der Waals surface area contributed by atoms with Gasteiger partial charge in [0.1, 0.15) is 18.2 Å². The molecule has 1 saturated heterocycles. The first-order valence-corrected chi connectivity index (χ1v) is 12.7. The smallest absolute Gasteiger partial charge is 0.412 e. The largest absolute Gasteiger partial charge is 0.497 e. The molecular formula is C29H29FN4O7. The van der Waals surface area contributed by atoms with Crippen molar-refractivity contribution >= 4 is 29.7 Å². The highest BCUT2D eigenvalue weighted by atomic mass is 19.1. The van der Waals surface area contributed by atoms with Gasteiger partial charge in [-0.1, -0.05) is 42.5 Å². The van der Waals surface area contributed by atoms with Gasteiger partial charge in [0.15, 0.2) is 6.17 Å². The van der Waals surface area contributed by atoms with E-state index in [-0.39, 0.29) is 19.7 Å². The lowest BCUT2D eigenvalue weighted by molar-refractivity contribution is -0.138. The van der Waals surface area contributed by atoms with Crippen molar-refractivity contribution in [2.75, 3.05) is 25.5 Å². The summed E-state index contributed by atoms with van der Waals surface area (Å²) in [7, 11) is 1.51. The van der Waals surface area contributed by atoms with Gasteiger partial charge in [-0.2, -0.15) is 0 Å². The van der Waals surface area contributed by atoms with Crippen LogP contribution in [0.5, 0.6) is 5.75 Å². The molecule has 214 valence electrons. The number of ether oxygens (including phenoxy) is 2. The predicted octanol–water partition coefficient (Wildman–Crippen LogP) is 3.98. The third-order valence-electron chi connectivity index (χ3n) is 6.42. The normalized spacial score (nSPS) is 15.1. The number of benzene rings is 3. The lowest BCUT2D eigenvalue weighted by Gasteiger charge is -2.30. The Morgan fingerprint density at radius 3 is 2.24 bits per heavy atom. The van der Waals surface area contributed by atoms with Gasteiger partial charge in [0.2, 0.25) is 0 Å². The standard InChI is InChI=1S/C29H29FN4O7/c1-40-23-13-11-22(12-14-23)31-28(38)33-15-16-34(29(39)41-18-19-5-3-2-4-6-19)27(33)26(37)32-24(17-25(35)36)20-7-9-21(30)10-8-20/h2-14,24,27H,15-18H2,1H3,(H,31,38)(H,32,37)(H,35,36). The number of carbonyl (C=O) groups excluding carboxylic acids is 3. The van der Waals surface area contributed by atoms with Crippen molar-refractivity contribution in [2.45, 2.75) is 25.2 Å². The lowest BCUT2D eigenvalue weighted by atomic mass is 10.0. The number of hydrogen-bond acceptors (Lipinski definition) is 6. The molecule has 1 aliphatic heterocycles. The zero-order chi connectivity index (χ0) is 29.4. The van der Waals surface area contributed by atoms with E-state index in [1.54, 1.807) is 48.5 Å². The number of anilines is 1. The highest BCUT2D eigenvalue weighted by Crippen LogP contribution is 2.23. The molecule has 4 rings (SSSR count). The molecule has 11 nitrogen and oxygen atoms in total. The van der Waals surface area contributed by atoms with Crippen molar-refractivity contribution in [1.82, 2.24) is 15.1 Å². The Morgan fingerprint density at radius 1 is 0.951 bits per heavy atom. The Labute approximate surface area is 235 Å². The van der Waals surface area contributed by atoms with Crippen LogP contribution in [0.4, 0.5) is 19.7 Å². The average Bonchev–Trinajstić information content (AvgIpc) is 3.42. The van der Waals surface area contributed by atoms with Gasteiger partial charge in [-0.3, -0.25) is 19.4 Å². The van der Waals surface area contributed by atoms with E-state index in [0.717, 1.165) is 27.5 Å². The summed E-state index contributed by atoms with van der Waals surface area (Å²) < 4.78 is 24.1. The summed E-state index contributed by atoms with van der Waals surface area (Å²) in [5.74, 6) is -1.96. The molecule has 2 unspecified atom stereocenters. The molecule has 0 aliphatic carbocycles. The second kappa shape index (κ2) is 13.3. The number of urea groups is 1. The number of aliphatic carboxylic acids is 1. The van der Waals surface area contributed by atoms with Gasteiger partial charge in [0.05, 0.1) is 19.6 Å². The molecule has 0 spiro atoms. The van der Waals surface area contributed by atoms with E-state index in [9.17, 15) is 28.7 Å². The molecule has 3 N–H and O–H groups in total. The molecule has 1 heterocycles. The number of methoxy groups -OCH3 is 1. The van der Waals surface area contributed by atoms with E-state index in [1.807, 2.05) is 6.07 Å². The van der Waals surface area contributed by atoms with Crippen LogP contribution in [-0.4, -0.2) is 65.3 Å². The maximum absolute atomic E-state index is 13.7. The first-order valence-electron chi connectivity index (χ1n) is 12.7. The van der Waals surface area contributed by atoms with E-state index < -0.39 is 48.4 Å². The van der Waals surface area contributed by atoms with Crippen molar-refractivity contribution in [3.63, 3.8) is 0 Å². The molecule has 0 radical (unpaired) electrons. The number of carbonyl (C=O) groups is 4. The topological polar surface area (TPSA) is 138 Å². The fourth-order valence-corrected chi connectivity index (χ4v) is 4.36. The molecule has 3 aromatic carbocycles. The minimum atomic E-state index is -1.45. The maximum atomic E-state index is 13.7. The summed E-state index contributed by atoms with van der Waals surface area (Å²) in [6, 6.07) is 18.8. The number of nitrogens with zero attached hydrogens (tertiary/aromatic N) is 2. The van der Waals surface area contributed by atoms with Crippen molar-refractivity contribution in [2.24, 2.45) is 0 Å². The molecule has 2 atom stereocenters. The second-order valence-electron chi connectivity index (χ2n) is 9.17. The van der Waals surface area contributed by atoms with Gasteiger partial charge < -0.3 is 25.2 Å². The minimum Gasteiger partial charge on any atom is -0.497 e. The van der Waals surface area contributed by atoms with Crippen LogP contribution in [0, 0.1) is 5.82 Å². The molecular weight excluding hydrogens is 535 g/mol. The van der Waals surface area contributed by atoms with E-state index in [1.165, 1.54) is 19.2 Å². The quantitative estimate of drug-likeness (QED) is 0.358. The van der Waals surface area contributed by atoms with Crippen LogP contribution in [-0.2, 0) is 20.9 Å². The Morgan fingerprint density at radius 2 is 1.61 bits per heavy atom. The number of halogens is 1. The van der Waals surface area contributed by atoms with Crippen LogP contribution in [0.1, 0.15) is 23.6 Å². The van der Waals surface area contributed by atoms with E-state index in [4.69, 9.17) is 9.47 Å². The van der Waals surface area contributed by atoms with E-state index in [2.05, 4.69) is 10.6 Å². The third-order valence-corrected chi connectivity index (χ3v) is 6.42. The minimum absolute atomic E-state index is 0.000652. The van der Waals surface area contributed by atoms with Crippen molar-refractivity contribution < 1.29 is 38.1 Å². The van der Waals surface area contributed by atoms with Crippen LogP contribution in [0.25, 0.3) is 0 Å². The van der Waals surface area contributed by atoms with Gasteiger partial charge >= 0.3 is 18.1 Å². The Hall–Kier alpha value is -5.13. The van der Waals surface area contributed by atoms with Crippen molar-refractivity contribution in [1.29, 1.82) is 0 Å². The Balaban J connectivity index is 1.56. The Kier molecular flexibility index (Phi) is 9.35. The lowest BCUT2D eigenvalue weighted by Crippen LogP contribution is -2.55. The summed E-state index contributed by atoms with van der Waals surface area (Å²) in [5.41, 5.74) is 1.50. The van der Waals surface area contributed by atoms with Gasteiger partial charge in [-0.25, -0.2) is 14.0 Å². The van der Waals surface area contributed by atoms with Gasteiger partial charge in [-0.05, 0) is 47.5 Å². The number of carboxylic acid groups (broad SMARTS) is 1. The molecule has 41 heavy (non-hydrogen) atoms. The van der Waals surface area contributed by atoms with Crippen molar-refractivity contribution in [3.8, 4) is 5.75 Å². The predicted molar refractivity (Wildman–Crippen MR) is 145 cm³/mol. The molecule has 4 amide bonds. The molecule has 0 bridgehead atoms. The van der Waals surface area contributed by atoms with Crippen LogP contribution >= 0.6 is 0 Å². The highest BCUT2D eigenvalue weighted by Gasteiger charge is 2.44. The maximum Gasteiger partial charge on any atom is 0.412 e. The number of rotatable bonds is 9. The zero-order valence-corrected chi connectivity index (χ0v) is 22.2. The molecule has 0 saturated carbocycles. The summed E-state index contributed by atoms with van der Waals surface area (Å²) in [5, 5.41) is 14.8. The first-order chi connectivity index (χ1) is 19.7. The first kappa shape index (κ1) is 28.9. The number of hydrogen-bond donors (Lipinski definition) is 3. The fraction of sp³-hybridized carbons (Fsp3) is 0.241. The van der Waals surface area contributed by atoms with Gasteiger partial charge in [0.25, 0.3) is 5.91 Å². The summed E-state index contributed by atoms with van der Waals surface area (Å²) >= 11 is 0. The SMILES string of the molecule is COc1ccc(NC(=O)N2CCN(C(=O)OCc3ccccc3)C2C(=O)NC(CC(=O)O)c2ccc(F)cc2)cc1. The van der Waals surface area contributed by atoms with Crippen LogP contribution in [0.15, 0.2) is 78.9 Å². The molecule has 1 aliphatic rings. The monoisotopic (exact) mass is 564 g/mol. The van der Waals surface area contributed by atoms with Crippen LogP contribution in [0.2, 0.25) is 0 Å². The number of amides is 4. The number of nitrogens with one attached hydrogen (secondary N) is 2. The van der Waals surface area contributed by atoms with E-state index in [0.29, 0.717) is 17.0 Å². The summed E-state index contributed by atoms with van der Waals surface area (Å²) in [6.07, 6.45) is -2.79. The molecule has 3 aromatic rings. The highest BCUT2D eigenvalue weighted by molar-refractivity contribution is 5.95. The van der Waals surface area contributed by atoms with Crippen LogP contribution < -0.4 is 15.4 Å². The van der Waals surface area contributed by atoms with Gasteiger partial charge in [-0.15, -0.1) is 0 Å². The van der Waals surface area contributed by atoms with Crippen molar-refractivity contribution in [3.05, 3.63) is 95.8 Å². The summed E-state index contributed by atoms with van der Waals surface area (Å²) in [6.45, 7) is -0.0671. The van der Waals surface area contributed by atoms with Gasteiger partial charge in [0, 0.05) is 18.8 Å². The molecule has 0 aromatic heterocycles. The summed E-state index contributed by atoms with van der Waals surface area (Å²) in [4.78, 5) is 53.9. The number of carboxylic acids is 1. The average molecular weight is 565 g/mol. The second-order valence-corrected chi connectivity index (χ2v) is 9.17. The Bertz CT molecular complexity index is 1370. The third kappa shape index (κ3) is 7.50.